The first-order valence-corrected chi connectivity index (χ1v) is 6.64. The summed E-state index contributed by atoms with van der Waals surface area (Å²) in [6, 6.07) is 17.5. The van der Waals surface area contributed by atoms with Crippen molar-refractivity contribution in [1.82, 2.24) is 0 Å². The highest BCUT2D eigenvalue weighted by Crippen LogP contribution is 2.17. The third-order valence-electron chi connectivity index (χ3n) is 3.19. The zero-order valence-corrected chi connectivity index (χ0v) is 11.5. The van der Waals surface area contributed by atoms with Gasteiger partial charge >= 0.3 is 0 Å². The first-order chi connectivity index (χ1) is 9.22. The maximum Gasteiger partial charge on any atom is 0.258 e. The summed E-state index contributed by atoms with van der Waals surface area (Å²) in [4.78, 5) is 14.0. The van der Waals surface area contributed by atoms with Gasteiger partial charge in [-0.1, -0.05) is 43.7 Å². The van der Waals surface area contributed by atoms with E-state index in [1.54, 1.807) is 4.90 Å². The molecule has 1 amide bonds. The lowest BCUT2D eigenvalue weighted by Gasteiger charge is -2.17. The van der Waals surface area contributed by atoms with Crippen LogP contribution in [0, 0.1) is 0 Å². The lowest BCUT2D eigenvalue weighted by atomic mass is 10.1. The van der Waals surface area contributed by atoms with E-state index in [9.17, 15) is 4.79 Å². The van der Waals surface area contributed by atoms with Crippen LogP contribution in [-0.4, -0.2) is 13.0 Å². The van der Waals surface area contributed by atoms with Crippen molar-refractivity contribution in [3.05, 3.63) is 65.7 Å². The maximum absolute atomic E-state index is 12.3. The van der Waals surface area contributed by atoms with Gasteiger partial charge in [0.05, 0.1) is 0 Å². The quantitative estimate of drug-likeness (QED) is 0.808. The minimum atomic E-state index is 0.0174. The van der Waals surface area contributed by atoms with E-state index in [2.05, 4.69) is 19.1 Å². The molecule has 2 heteroatoms. The lowest BCUT2D eigenvalue weighted by molar-refractivity contribution is 0.0993. The molecule has 0 saturated heterocycles. The normalized spacial score (nSPS) is 10.2. The van der Waals surface area contributed by atoms with E-state index in [-0.39, 0.29) is 5.91 Å². The van der Waals surface area contributed by atoms with E-state index in [0.717, 1.165) is 18.5 Å². The average Bonchev–Trinajstić information content (AvgIpc) is 2.48. The molecule has 0 fully saturated rings. The summed E-state index contributed by atoms with van der Waals surface area (Å²) in [6.07, 6.45) is 2.22. The van der Waals surface area contributed by atoms with E-state index in [1.165, 1.54) is 5.56 Å². The van der Waals surface area contributed by atoms with Gasteiger partial charge in [-0.15, -0.1) is 0 Å². The molecular weight excluding hydrogens is 234 g/mol. The van der Waals surface area contributed by atoms with Gasteiger partial charge in [0.15, 0.2) is 0 Å². The largest absolute Gasteiger partial charge is 0.311 e. The molecule has 2 aromatic rings. The summed E-state index contributed by atoms with van der Waals surface area (Å²) < 4.78 is 0. The number of carbonyl (C=O) groups excluding carboxylic acids is 1. The lowest BCUT2D eigenvalue weighted by Crippen LogP contribution is -2.26. The molecule has 0 atom stereocenters. The van der Waals surface area contributed by atoms with Crippen molar-refractivity contribution in [2.24, 2.45) is 0 Å². The van der Waals surface area contributed by atoms with Crippen LogP contribution in [0.4, 0.5) is 5.69 Å². The van der Waals surface area contributed by atoms with Crippen LogP contribution in [0.15, 0.2) is 54.6 Å². The van der Waals surface area contributed by atoms with Gasteiger partial charge in [0.2, 0.25) is 0 Å². The number of anilines is 1. The van der Waals surface area contributed by atoms with Gasteiger partial charge in [-0.05, 0) is 36.2 Å². The number of amides is 1. The van der Waals surface area contributed by atoms with Crippen molar-refractivity contribution in [2.45, 2.75) is 19.8 Å². The van der Waals surface area contributed by atoms with Gasteiger partial charge in [0.1, 0.15) is 0 Å². The summed E-state index contributed by atoms with van der Waals surface area (Å²) in [5, 5.41) is 0. The standard InChI is InChI=1S/C17H19NO/c1-3-7-14-10-12-16(13-11-14)18(2)17(19)15-8-5-4-6-9-15/h4-6,8-13H,3,7H2,1-2H3. The van der Waals surface area contributed by atoms with Gasteiger partial charge in [-0.25, -0.2) is 0 Å². The Bertz CT molecular complexity index is 531. The van der Waals surface area contributed by atoms with Crippen LogP contribution in [0.2, 0.25) is 0 Å². The fraction of sp³-hybridized carbons (Fsp3) is 0.235. The van der Waals surface area contributed by atoms with Gasteiger partial charge in [-0.2, -0.15) is 0 Å². The van der Waals surface area contributed by atoms with Crippen molar-refractivity contribution in [3.8, 4) is 0 Å². The van der Waals surface area contributed by atoms with E-state index in [1.807, 2.05) is 49.5 Å². The highest BCUT2D eigenvalue weighted by molar-refractivity contribution is 6.05. The summed E-state index contributed by atoms with van der Waals surface area (Å²) in [5.74, 6) is 0.0174. The second-order valence-corrected chi connectivity index (χ2v) is 4.65. The molecule has 0 N–H and O–H groups in total. The van der Waals surface area contributed by atoms with Crippen molar-refractivity contribution < 1.29 is 4.79 Å². The molecule has 0 saturated carbocycles. The number of rotatable bonds is 4. The Kier molecular flexibility index (Phi) is 4.35. The molecule has 2 aromatic carbocycles. The molecule has 0 radical (unpaired) electrons. The number of hydrogen-bond acceptors (Lipinski definition) is 1. The zero-order valence-electron chi connectivity index (χ0n) is 11.5. The maximum atomic E-state index is 12.3. The molecule has 0 spiro atoms. The van der Waals surface area contributed by atoms with Crippen LogP contribution >= 0.6 is 0 Å². The number of carbonyl (C=O) groups is 1. The molecule has 0 aromatic heterocycles. The number of aryl methyl sites for hydroxylation is 1. The van der Waals surface area contributed by atoms with E-state index in [4.69, 9.17) is 0 Å². The SMILES string of the molecule is CCCc1ccc(N(C)C(=O)c2ccccc2)cc1. The molecule has 0 aliphatic heterocycles. The predicted octanol–water partition coefficient (Wildman–Crippen LogP) is 3.92. The van der Waals surface area contributed by atoms with Gasteiger partial charge in [-0.3, -0.25) is 4.79 Å². The Morgan fingerprint density at radius 3 is 2.21 bits per heavy atom. The van der Waals surface area contributed by atoms with Gasteiger partial charge in [0.25, 0.3) is 5.91 Å². The molecule has 0 aliphatic rings. The van der Waals surface area contributed by atoms with Crippen LogP contribution in [0.3, 0.4) is 0 Å². The Balaban J connectivity index is 2.15. The average molecular weight is 253 g/mol. The summed E-state index contributed by atoms with van der Waals surface area (Å²) in [5.41, 5.74) is 2.95. The Morgan fingerprint density at radius 1 is 1.00 bits per heavy atom. The van der Waals surface area contributed by atoms with E-state index < -0.39 is 0 Å². The van der Waals surface area contributed by atoms with E-state index >= 15 is 0 Å². The number of nitrogens with zero attached hydrogens (tertiary/aromatic N) is 1. The molecule has 0 aliphatic carbocycles. The van der Waals surface area contributed by atoms with Crippen molar-refractivity contribution >= 4 is 11.6 Å². The molecule has 0 bridgehead atoms. The van der Waals surface area contributed by atoms with E-state index in [0.29, 0.717) is 5.56 Å². The third kappa shape index (κ3) is 3.22. The minimum Gasteiger partial charge on any atom is -0.311 e. The predicted molar refractivity (Wildman–Crippen MR) is 79.6 cm³/mol. The highest BCUT2D eigenvalue weighted by atomic mass is 16.2. The molecule has 19 heavy (non-hydrogen) atoms. The smallest absolute Gasteiger partial charge is 0.258 e. The molecule has 98 valence electrons. The van der Waals surface area contributed by atoms with Crippen LogP contribution in [0.1, 0.15) is 29.3 Å². The van der Waals surface area contributed by atoms with Crippen LogP contribution in [-0.2, 0) is 6.42 Å². The molecule has 0 heterocycles. The Morgan fingerprint density at radius 2 is 1.63 bits per heavy atom. The van der Waals surface area contributed by atoms with Crippen LogP contribution in [0.5, 0.6) is 0 Å². The Labute approximate surface area is 114 Å². The van der Waals surface area contributed by atoms with Gasteiger partial charge in [0, 0.05) is 18.3 Å². The fourth-order valence-corrected chi connectivity index (χ4v) is 2.07. The summed E-state index contributed by atoms with van der Waals surface area (Å²) in [6.45, 7) is 2.17. The first-order valence-electron chi connectivity index (χ1n) is 6.64. The van der Waals surface area contributed by atoms with Crippen LogP contribution < -0.4 is 4.90 Å². The molecule has 2 nitrogen and oxygen atoms in total. The van der Waals surface area contributed by atoms with Gasteiger partial charge < -0.3 is 4.90 Å². The van der Waals surface area contributed by atoms with Crippen LogP contribution in [0.25, 0.3) is 0 Å². The van der Waals surface area contributed by atoms with Crippen molar-refractivity contribution in [1.29, 1.82) is 0 Å². The summed E-state index contributed by atoms with van der Waals surface area (Å²) >= 11 is 0. The second-order valence-electron chi connectivity index (χ2n) is 4.65. The summed E-state index contributed by atoms with van der Waals surface area (Å²) in [7, 11) is 1.81. The topological polar surface area (TPSA) is 20.3 Å². The molecule has 2 rings (SSSR count). The number of hydrogen-bond donors (Lipinski definition) is 0. The fourth-order valence-electron chi connectivity index (χ4n) is 2.07. The molecule has 0 unspecified atom stereocenters. The highest BCUT2D eigenvalue weighted by Gasteiger charge is 2.12. The first kappa shape index (κ1) is 13.3. The third-order valence-corrected chi connectivity index (χ3v) is 3.19. The number of benzene rings is 2. The zero-order chi connectivity index (χ0) is 13.7. The van der Waals surface area contributed by atoms with Crippen molar-refractivity contribution in [2.75, 3.05) is 11.9 Å². The minimum absolute atomic E-state index is 0.0174. The molecular formula is C17H19NO. The monoisotopic (exact) mass is 253 g/mol. The van der Waals surface area contributed by atoms with Crippen molar-refractivity contribution in [3.63, 3.8) is 0 Å². The second kappa shape index (κ2) is 6.19. The Hall–Kier alpha value is -2.09.